The van der Waals surface area contributed by atoms with Crippen molar-refractivity contribution in [2.24, 2.45) is 0 Å². The van der Waals surface area contributed by atoms with Crippen LogP contribution in [0.5, 0.6) is 5.75 Å². The van der Waals surface area contributed by atoms with Crippen LogP contribution in [0, 0.1) is 0 Å². The van der Waals surface area contributed by atoms with Gasteiger partial charge in [0.1, 0.15) is 12.4 Å². The van der Waals surface area contributed by atoms with Gasteiger partial charge in [0, 0.05) is 12.6 Å². The van der Waals surface area contributed by atoms with E-state index in [1.54, 1.807) is 31.3 Å². The average molecular weight is 285 g/mol. The van der Waals surface area contributed by atoms with E-state index in [0.29, 0.717) is 18.9 Å². The molecule has 0 atom stereocenters. The zero-order valence-corrected chi connectivity index (χ0v) is 11.1. The largest absolute Gasteiger partial charge is 0.492 e. The van der Waals surface area contributed by atoms with Crippen molar-refractivity contribution in [3.05, 3.63) is 35.9 Å². The topological polar surface area (TPSA) is 49.8 Å². The second-order valence-electron chi connectivity index (χ2n) is 4.24. The molecule has 0 fully saturated rings. The molecule has 0 unspecified atom stereocenters. The summed E-state index contributed by atoms with van der Waals surface area (Å²) in [7, 11) is 1.61. The number of benzene rings is 1. The van der Waals surface area contributed by atoms with Crippen LogP contribution in [-0.4, -0.2) is 49.1 Å². The Hall–Kier alpha value is -1.95. The number of carbonyl (C=O) groups is 1. The number of likely N-dealkylation sites (N-methyl/N-ethyl adjacent to an activating group) is 1. The number of carboxylic acid groups (broad SMARTS) is 1. The Bertz CT molecular complexity index is 446. The molecule has 110 valence electrons. The van der Waals surface area contributed by atoms with E-state index < -0.39 is 12.4 Å². The lowest BCUT2D eigenvalue weighted by Crippen LogP contribution is -2.28. The predicted molar refractivity (Wildman–Crippen MR) is 72.1 cm³/mol. The molecule has 6 heteroatoms. The van der Waals surface area contributed by atoms with Crippen molar-refractivity contribution in [2.75, 3.05) is 26.7 Å². The number of halogens is 2. The fraction of sp³-hybridized carbons (Fsp3) is 0.357. The summed E-state index contributed by atoms with van der Waals surface area (Å²) in [5.41, 5.74) is 0.745. The molecule has 0 aliphatic rings. The molecule has 1 N–H and O–H groups in total. The van der Waals surface area contributed by atoms with E-state index in [9.17, 15) is 13.6 Å². The number of alkyl halides is 2. The van der Waals surface area contributed by atoms with Gasteiger partial charge in [-0.1, -0.05) is 12.1 Å². The summed E-state index contributed by atoms with van der Waals surface area (Å²) in [6.45, 7) is 0.445. The number of ether oxygens (including phenoxy) is 1. The van der Waals surface area contributed by atoms with Crippen LogP contribution in [0.25, 0.3) is 6.08 Å². The first-order chi connectivity index (χ1) is 9.47. The monoisotopic (exact) mass is 285 g/mol. The van der Waals surface area contributed by atoms with Crippen LogP contribution in [-0.2, 0) is 4.79 Å². The van der Waals surface area contributed by atoms with Crippen molar-refractivity contribution >= 4 is 12.0 Å². The minimum absolute atomic E-state index is 0.276. The van der Waals surface area contributed by atoms with Gasteiger partial charge in [-0.2, -0.15) is 0 Å². The zero-order valence-electron chi connectivity index (χ0n) is 11.1. The molecular formula is C14H17F2NO3. The van der Waals surface area contributed by atoms with Gasteiger partial charge < -0.3 is 9.84 Å². The molecule has 0 saturated carbocycles. The van der Waals surface area contributed by atoms with Crippen LogP contribution in [0.2, 0.25) is 0 Å². The van der Waals surface area contributed by atoms with E-state index >= 15 is 0 Å². The molecule has 0 heterocycles. The lowest BCUT2D eigenvalue weighted by molar-refractivity contribution is -0.131. The molecule has 0 saturated heterocycles. The van der Waals surface area contributed by atoms with Crippen LogP contribution in [0.15, 0.2) is 30.3 Å². The Morgan fingerprint density at radius 2 is 2.05 bits per heavy atom. The fourth-order valence-electron chi connectivity index (χ4n) is 1.49. The number of hydrogen-bond donors (Lipinski definition) is 1. The highest BCUT2D eigenvalue weighted by Crippen LogP contribution is 2.13. The number of hydrogen-bond acceptors (Lipinski definition) is 3. The van der Waals surface area contributed by atoms with Crippen molar-refractivity contribution in [1.29, 1.82) is 0 Å². The second kappa shape index (κ2) is 8.27. The summed E-state index contributed by atoms with van der Waals surface area (Å²) in [6, 6.07) is 6.85. The normalized spacial score (nSPS) is 11.4. The van der Waals surface area contributed by atoms with Crippen molar-refractivity contribution in [3.63, 3.8) is 0 Å². The van der Waals surface area contributed by atoms with Gasteiger partial charge in [0.25, 0.3) is 6.43 Å². The van der Waals surface area contributed by atoms with E-state index in [4.69, 9.17) is 9.84 Å². The molecule has 0 amide bonds. The lowest BCUT2D eigenvalue weighted by Gasteiger charge is -2.16. The summed E-state index contributed by atoms with van der Waals surface area (Å²) in [4.78, 5) is 11.8. The highest BCUT2D eigenvalue weighted by Gasteiger charge is 2.07. The highest BCUT2D eigenvalue weighted by atomic mass is 19.3. The Kier molecular flexibility index (Phi) is 6.66. The summed E-state index contributed by atoms with van der Waals surface area (Å²) in [5, 5.41) is 8.49. The number of aliphatic carboxylic acids is 1. The molecule has 0 bridgehead atoms. The fourth-order valence-corrected chi connectivity index (χ4v) is 1.49. The third kappa shape index (κ3) is 6.84. The van der Waals surface area contributed by atoms with Crippen molar-refractivity contribution < 1.29 is 23.4 Å². The second-order valence-corrected chi connectivity index (χ2v) is 4.24. The van der Waals surface area contributed by atoms with Gasteiger partial charge in [0.15, 0.2) is 0 Å². The van der Waals surface area contributed by atoms with Gasteiger partial charge in [0.05, 0.1) is 6.54 Å². The van der Waals surface area contributed by atoms with E-state index in [0.717, 1.165) is 11.6 Å². The van der Waals surface area contributed by atoms with E-state index in [1.165, 1.54) is 11.0 Å². The van der Waals surface area contributed by atoms with Crippen molar-refractivity contribution in [2.45, 2.75) is 6.43 Å². The van der Waals surface area contributed by atoms with Gasteiger partial charge in [-0.15, -0.1) is 0 Å². The summed E-state index contributed by atoms with van der Waals surface area (Å²) < 4.78 is 29.6. The molecule has 4 nitrogen and oxygen atoms in total. The number of carboxylic acids is 1. The van der Waals surface area contributed by atoms with Crippen molar-refractivity contribution in [3.8, 4) is 5.75 Å². The smallest absolute Gasteiger partial charge is 0.328 e. The van der Waals surface area contributed by atoms with Crippen LogP contribution < -0.4 is 4.74 Å². The molecule has 0 aliphatic heterocycles. The zero-order chi connectivity index (χ0) is 15.0. The Morgan fingerprint density at radius 1 is 1.40 bits per heavy atom. The third-order valence-electron chi connectivity index (χ3n) is 2.49. The molecule has 0 aromatic heterocycles. The van der Waals surface area contributed by atoms with Gasteiger partial charge in [-0.25, -0.2) is 13.6 Å². The average Bonchev–Trinajstić information content (AvgIpc) is 2.37. The Labute approximate surface area is 116 Å². The van der Waals surface area contributed by atoms with Gasteiger partial charge >= 0.3 is 5.97 Å². The maximum atomic E-state index is 12.1. The van der Waals surface area contributed by atoms with E-state index in [-0.39, 0.29) is 6.54 Å². The molecule has 1 aromatic rings. The van der Waals surface area contributed by atoms with E-state index in [1.807, 2.05) is 0 Å². The molecule has 0 spiro atoms. The first kappa shape index (κ1) is 16.1. The minimum atomic E-state index is -2.35. The lowest BCUT2D eigenvalue weighted by atomic mass is 10.2. The summed E-state index contributed by atoms with van der Waals surface area (Å²) in [6.07, 6.45) is 0.179. The third-order valence-corrected chi connectivity index (χ3v) is 2.49. The van der Waals surface area contributed by atoms with Gasteiger partial charge in [0.2, 0.25) is 0 Å². The number of nitrogens with zero attached hydrogens (tertiary/aromatic N) is 1. The van der Waals surface area contributed by atoms with Gasteiger partial charge in [-0.05, 0) is 30.8 Å². The quantitative estimate of drug-likeness (QED) is 0.745. The van der Waals surface area contributed by atoms with E-state index in [2.05, 4.69) is 0 Å². The summed E-state index contributed by atoms with van der Waals surface area (Å²) >= 11 is 0. The standard InChI is InChI=1S/C14H17F2NO3/c1-17(10-13(15)16)8-9-20-12-5-2-11(3-6-12)4-7-14(18)19/h2-7,13H,8-10H2,1H3,(H,18,19)/b7-4+. The predicted octanol–water partition coefficient (Wildman–Crippen LogP) is 2.36. The number of rotatable bonds is 8. The SMILES string of the molecule is CN(CCOc1ccc(/C=C/C(=O)O)cc1)CC(F)F. The maximum Gasteiger partial charge on any atom is 0.328 e. The minimum Gasteiger partial charge on any atom is -0.492 e. The van der Waals surface area contributed by atoms with Crippen LogP contribution in [0.4, 0.5) is 8.78 Å². The van der Waals surface area contributed by atoms with Crippen LogP contribution in [0.1, 0.15) is 5.56 Å². The highest BCUT2D eigenvalue weighted by molar-refractivity contribution is 5.85. The first-order valence-corrected chi connectivity index (χ1v) is 6.08. The molecule has 0 radical (unpaired) electrons. The van der Waals surface area contributed by atoms with Crippen LogP contribution in [0.3, 0.4) is 0 Å². The maximum absolute atomic E-state index is 12.1. The first-order valence-electron chi connectivity index (χ1n) is 6.08. The summed E-state index contributed by atoms with van der Waals surface area (Å²) in [5.74, 6) is -0.393. The van der Waals surface area contributed by atoms with Crippen molar-refractivity contribution in [1.82, 2.24) is 4.90 Å². The Morgan fingerprint density at radius 3 is 2.60 bits per heavy atom. The molecule has 20 heavy (non-hydrogen) atoms. The molecule has 1 rings (SSSR count). The molecule has 1 aromatic carbocycles. The molecular weight excluding hydrogens is 268 g/mol. The van der Waals surface area contributed by atoms with Gasteiger partial charge in [-0.3, -0.25) is 4.90 Å². The Balaban J connectivity index is 2.36. The molecule has 0 aliphatic carbocycles. The van der Waals surface area contributed by atoms with Crippen LogP contribution >= 0.6 is 0 Å².